The third kappa shape index (κ3) is 5.63. The Hall–Kier alpha value is -2.29. The van der Waals surface area contributed by atoms with Gasteiger partial charge in [-0.3, -0.25) is 4.79 Å². The number of aryl methyl sites for hydroxylation is 1. The van der Waals surface area contributed by atoms with E-state index in [0.717, 1.165) is 30.6 Å². The van der Waals surface area contributed by atoms with Crippen LogP contribution in [0.5, 0.6) is 5.75 Å². The Morgan fingerprint density at radius 3 is 2.24 bits per heavy atom. The zero-order valence-corrected chi connectivity index (χ0v) is 15.5. The molecule has 0 aliphatic carbocycles. The van der Waals surface area contributed by atoms with Crippen molar-refractivity contribution in [2.45, 2.75) is 45.6 Å². The van der Waals surface area contributed by atoms with E-state index in [-0.39, 0.29) is 13.4 Å². The van der Waals surface area contributed by atoms with Crippen molar-refractivity contribution in [3.63, 3.8) is 0 Å². The lowest BCUT2D eigenvalue weighted by molar-refractivity contribution is -0.122. The van der Waals surface area contributed by atoms with Crippen LogP contribution in [0.4, 0.5) is 0 Å². The van der Waals surface area contributed by atoms with Crippen LogP contribution in [0.15, 0.2) is 54.6 Å². The molecule has 0 heterocycles. The average molecular weight is 341 g/mol. The SMILES string of the molecule is CCC(CC)C(NC(=O)CCc1ccccc1)c1ccc(OC)cc1.[HH]. The van der Waals surface area contributed by atoms with Gasteiger partial charge in [0.2, 0.25) is 5.91 Å². The number of amides is 1. The van der Waals surface area contributed by atoms with Crippen molar-refractivity contribution >= 4 is 5.91 Å². The number of rotatable bonds is 9. The van der Waals surface area contributed by atoms with Crippen molar-refractivity contribution in [2.75, 3.05) is 7.11 Å². The summed E-state index contributed by atoms with van der Waals surface area (Å²) >= 11 is 0. The summed E-state index contributed by atoms with van der Waals surface area (Å²) in [5.74, 6) is 1.37. The highest BCUT2D eigenvalue weighted by Crippen LogP contribution is 2.28. The van der Waals surface area contributed by atoms with Crippen LogP contribution in [-0.4, -0.2) is 13.0 Å². The monoisotopic (exact) mass is 341 g/mol. The molecule has 0 aliphatic rings. The molecule has 0 bridgehead atoms. The van der Waals surface area contributed by atoms with Crippen molar-refractivity contribution in [2.24, 2.45) is 5.92 Å². The molecule has 136 valence electrons. The molecule has 1 atom stereocenters. The maximum Gasteiger partial charge on any atom is 0.220 e. The van der Waals surface area contributed by atoms with Crippen LogP contribution < -0.4 is 10.1 Å². The molecule has 3 heteroatoms. The summed E-state index contributed by atoms with van der Waals surface area (Å²) in [6.45, 7) is 4.36. The van der Waals surface area contributed by atoms with Crippen LogP contribution in [0.1, 0.15) is 51.7 Å². The summed E-state index contributed by atoms with van der Waals surface area (Å²) in [4.78, 5) is 12.5. The fraction of sp³-hybridized carbons (Fsp3) is 0.409. The second-order valence-electron chi connectivity index (χ2n) is 6.38. The molecule has 0 aliphatic heterocycles. The van der Waals surface area contributed by atoms with Gasteiger partial charge in [0, 0.05) is 7.85 Å². The van der Waals surface area contributed by atoms with Gasteiger partial charge < -0.3 is 10.1 Å². The van der Waals surface area contributed by atoms with Crippen LogP contribution in [0.3, 0.4) is 0 Å². The lowest BCUT2D eigenvalue weighted by Crippen LogP contribution is -2.33. The number of carbonyl (C=O) groups excluding carboxylic acids is 1. The summed E-state index contributed by atoms with van der Waals surface area (Å²) in [5.41, 5.74) is 2.34. The van der Waals surface area contributed by atoms with Crippen LogP contribution in [0.2, 0.25) is 0 Å². The molecule has 0 fully saturated rings. The zero-order chi connectivity index (χ0) is 18.1. The second kappa shape index (κ2) is 9.87. The number of nitrogens with one attached hydrogen (secondary N) is 1. The summed E-state index contributed by atoms with van der Waals surface area (Å²) in [7, 11) is 1.67. The largest absolute Gasteiger partial charge is 0.497 e. The fourth-order valence-electron chi connectivity index (χ4n) is 3.19. The van der Waals surface area contributed by atoms with Crippen LogP contribution >= 0.6 is 0 Å². The molecule has 25 heavy (non-hydrogen) atoms. The van der Waals surface area contributed by atoms with Gasteiger partial charge in [-0.05, 0) is 35.6 Å². The molecule has 0 radical (unpaired) electrons. The lowest BCUT2D eigenvalue weighted by Gasteiger charge is -2.27. The summed E-state index contributed by atoms with van der Waals surface area (Å²) in [6, 6.07) is 18.2. The lowest BCUT2D eigenvalue weighted by atomic mass is 9.88. The van der Waals surface area contributed by atoms with Gasteiger partial charge in [-0.25, -0.2) is 0 Å². The fourth-order valence-corrected chi connectivity index (χ4v) is 3.19. The molecule has 2 aromatic carbocycles. The van der Waals surface area contributed by atoms with E-state index in [1.54, 1.807) is 7.11 Å². The van der Waals surface area contributed by atoms with Gasteiger partial charge in [0.15, 0.2) is 0 Å². The topological polar surface area (TPSA) is 38.3 Å². The molecule has 0 spiro atoms. The molecule has 1 unspecified atom stereocenters. The Labute approximate surface area is 152 Å². The predicted octanol–water partition coefficient (Wildman–Crippen LogP) is 5.17. The highest BCUT2D eigenvalue weighted by Gasteiger charge is 2.22. The minimum Gasteiger partial charge on any atom is -0.497 e. The maximum absolute atomic E-state index is 12.5. The van der Waals surface area contributed by atoms with E-state index < -0.39 is 0 Å². The summed E-state index contributed by atoms with van der Waals surface area (Å²) in [5, 5.41) is 3.26. The highest BCUT2D eigenvalue weighted by molar-refractivity contribution is 5.76. The molecule has 2 rings (SSSR count). The van der Waals surface area contributed by atoms with E-state index in [9.17, 15) is 4.79 Å². The van der Waals surface area contributed by atoms with Gasteiger partial charge in [0.1, 0.15) is 5.75 Å². The maximum atomic E-state index is 12.5. The first kappa shape index (κ1) is 19.0. The Bertz CT molecular complexity index is 639. The van der Waals surface area contributed by atoms with Crippen molar-refractivity contribution in [1.82, 2.24) is 5.32 Å². The quantitative estimate of drug-likeness (QED) is 0.683. The summed E-state index contributed by atoms with van der Waals surface area (Å²) < 4.78 is 5.24. The van der Waals surface area contributed by atoms with E-state index in [1.807, 2.05) is 30.3 Å². The molecule has 1 N–H and O–H groups in total. The number of benzene rings is 2. The average Bonchev–Trinajstić information content (AvgIpc) is 2.67. The molecule has 2 aromatic rings. The molecular weight excluding hydrogens is 310 g/mol. The van der Waals surface area contributed by atoms with Crippen LogP contribution in [0.25, 0.3) is 0 Å². The standard InChI is InChI=1S/C22H29NO2.H2/c1-4-18(5-2)22(19-12-14-20(25-3)15-13-19)23-21(24)16-11-17-9-7-6-8-10-17;/h6-10,12-15,18,22H,4-5,11,16H2,1-3H3,(H,23,24);1H. The van der Waals surface area contributed by atoms with E-state index in [1.165, 1.54) is 5.56 Å². The number of ether oxygens (including phenoxy) is 1. The summed E-state index contributed by atoms with van der Waals surface area (Å²) in [6.07, 6.45) is 3.35. The third-order valence-electron chi connectivity index (χ3n) is 4.80. The van der Waals surface area contributed by atoms with Crippen molar-refractivity contribution in [3.8, 4) is 5.75 Å². The Morgan fingerprint density at radius 1 is 1.04 bits per heavy atom. The first-order valence-electron chi connectivity index (χ1n) is 9.15. The Balaban J connectivity index is 0.00000338. The predicted molar refractivity (Wildman–Crippen MR) is 105 cm³/mol. The van der Waals surface area contributed by atoms with E-state index in [2.05, 4.69) is 43.4 Å². The number of methoxy groups -OCH3 is 1. The van der Waals surface area contributed by atoms with Crippen molar-refractivity contribution in [1.29, 1.82) is 0 Å². The highest BCUT2D eigenvalue weighted by atomic mass is 16.5. The Morgan fingerprint density at radius 2 is 1.68 bits per heavy atom. The number of hydrogen-bond donors (Lipinski definition) is 1. The minimum atomic E-state index is 0. The molecule has 1 amide bonds. The second-order valence-corrected chi connectivity index (χ2v) is 6.38. The third-order valence-corrected chi connectivity index (χ3v) is 4.80. The molecule has 3 nitrogen and oxygen atoms in total. The van der Waals surface area contributed by atoms with Gasteiger partial charge in [-0.1, -0.05) is 69.2 Å². The van der Waals surface area contributed by atoms with E-state index in [4.69, 9.17) is 4.74 Å². The molecule has 0 aromatic heterocycles. The normalized spacial score (nSPS) is 12.0. The van der Waals surface area contributed by atoms with Crippen molar-refractivity contribution in [3.05, 3.63) is 65.7 Å². The smallest absolute Gasteiger partial charge is 0.220 e. The van der Waals surface area contributed by atoms with E-state index >= 15 is 0 Å². The minimum absolute atomic E-state index is 0. The van der Waals surface area contributed by atoms with Gasteiger partial charge in [0.25, 0.3) is 0 Å². The first-order valence-corrected chi connectivity index (χ1v) is 9.15. The zero-order valence-electron chi connectivity index (χ0n) is 15.5. The Kier molecular flexibility index (Phi) is 7.52. The van der Waals surface area contributed by atoms with E-state index in [0.29, 0.717) is 12.3 Å². The van der Waals surface area contributed by atoms with Gasteiger partial charge in [-0.15, -0.1) is 0 Å². The number of carbonyl (C=O) groups is 1. The van der Waals surface area contributed by atoms with Crippen LogP contribution in [-0.2, 0) is 11.2 Å². The number of hydrogen-bond acceptors (Lipinski definition) is 2. The molecule has 0 saturated heterocycles. The molecule has 0 saturated carbocycles. The van der Waals surface area contributed by atoms with Gasteiger partial charge >= 0.3 is 0 Å². The van der Waals surface area contributed by atoms with Crippen LogP contribution in [0, 0.1) is 5.92 Å². The first-order chi connectivity index (χ1) is 12.2. The van der Waals surface area contributed by atoms with Gasteiger partial charge in [0.05, 0.1) is 13.2 Å². The van der Waals surface area contributed by atoms with Gasteiger partial charge in [-0.2, -0.15) is 0 Å². The van der Waals surface area contributed by atoms with Crippen molar-refractivity contribution < 1.29 is 11.0 Å². The molecular formula is C22H31NO2.